The lowest BCUT2D eigenvalue weighted by Gasteiger charge is -2.10. The zero-order valence-corrected chi connectivity index (χ0v) is 12.5. The first-order valence-electron chi connectivity index (χ1n) is 6.46. The minimum absolute atomic E-state index is 0.241. The van der Waals surface area contributed by atoms with Crippen LogP contribution in [0.2, 0.25) is 5.02 Å². The summed E-state index contributed by atoms with van der Waals surface area (Å²) in [6, 6.07) is 14.5. The van der Waals surface area contributed by atoms with Crippen LogP contribution in [0.5, 0.6) is 11.5 Å². The Morgan fingerprint density at radius 2 is 1.57 bits per heavy atom. The predicted octanol–water partition coefficient (Wildman–Crippen LogP) is 5.00. The Morgan fingerprint density at radius 1 is 1.00 bits per heavy atom. The molecule has 2 rings (SSSR count). The fourth-order valence-corrected chi connectivity index (χ4v) is 2.07. The minimum Gasteiger partial charge on any atom is -0.456 e. The van der Waals surface area contributed by atoms with Crippen LogP contribution in [0.25, 0.3) is 0 Å². The van der Waals surface area contributed by atoms with E-state index in [1.165, 1.54) is 17.7 Å². The second-order valence-electron chi connectivity index (χ2n) is 4.88. The van der Waals surface area contributed by atoms with Gasteiger partial charge in [0.15, 0.2) is 0 Å². The minimum atomic E-state index is 0.241. The lowest BCUT2D eigenvalue weighted by atomic mass is 10.0. The van der Waals surface area contributed by atoms with Crippen LogP contribution in [0, 0.1) is 22.7 Å². The van der Waals surface area contributed by atoms with Gasteiger partial charge in [0.2, 0.25) is 0 Å². The second kappa shape index (κ2) is 6.31. The molecule has 0 aliphatic rings. The van der Waals surface area contributed by atoms with Crippen molar-refractivity contribution in [2.24, 2.45) is 0 Å². The molecule has 0 aromatic heterocycles. The maximum Gasteiger partial charge on any atom is 0.147 e. The molecule has 0 unspecified atom stereocenters. The van der Waals surface area contributed by atoms with Crippen molar-refractivity contribution in [3.8, 4) is 23.6 Å². The van der Waals surface area contributed by atoms with Crippen LogP contribution in [-0.2, 0) is 0 Å². The normalized spacial score (nSPS) is 10.0. The van der Waals surface area contributed by atoms with E-state index < -0.39 is 0 Å². The van der Waals surface area contributed by atoms with Crippen LogP contribution >= 0.6 is 11.6 Å². The van der Waals surface area contributed by atoms with Gasteiger partial charge in [0, 0.05) is 6.07 Å². The van der Waals surface area contributed by atoms with Crippen LogP contribution < -0.4 is 4.74 Å². The van der Waals surface area contributed by atoms with E-state index in [1.54, 1.807) is 0 Å². The van der Waals surface area contributed by atoms with E-state index in [4.69, 9.17) is 26.9 Å². The lowest BCUT2D eigenvalue weighted by Crippen LogP contribution is -1.91. The average molecular weight is 297 g/mol. The largest absolute Gasteiger partial charge is 0.456 e. The summed E-state index contributed by atoms with van der Waals surface area (Å²) in [6.45, 7) is 4.24. The van der Waals surface area contributed by atoms with E-state index in [2.05, 4.69) is 13.8 Å². The highest BCUT2D eigenvalue weighted by Gasteiger charge is 2.10. The molecule has 2 aromatic rings. The van der Waals surface area contributed by atoms with Gasteiger partial charge < -0.3 is 4.74 Å². The molecule has 0 radical (unpaired) electrons. The summed E-state index contributed by atoms with van der Waals surface area (Å²) in [5.74, 6) is 1.45. The van der Waals surface area contributed by atoms with Gasteiger partial charge in [-0.15, -0.1) is 0 Å². The molecule has 0 saturated heterocycles. The standard InChI is InChI=1S/C17H13ClN2O/c1-11(2)12-3-5-15(6-4-12)21-17-8-14(10-20)13(9-19)7-16(17)18/h3-8,11H,1-2H3. The van der Waals surface area contributed by atoms with E-state index in [-0.39, 0.29) is 11.1 Å². The molecule has 0 aliphatic carbocycles. The van der Waals surface area contributed by atoms with Crippen LogP contribution in [0.1, 0.15) is 36.5 Å². The van der Waals surface area contributed by atoms with E-state index in [1.807, 2.05) is 36.4 Å². The van der Waals surface area contributed by atoms with Gasteiger partial charge in [-0.05, 0) is 29.7 Å². The number of benzene rings is 2. The Hall–Kier alpha value is -2.49. The van der Waals surface area contributed by atoms with Crippen LogP contribution in [0.15, 0.2) is 36.4 Å². The summed E-state index contributed by atoms with van der Waals surface area (Å²) in [6.07, 6.45) is 0. The number of halogens is 1. The van der Waals surface area contributed by atoms with Gasteiger partial charge in [-0.3, -0.25) is 0 Å². The van der Waals surface area contributed by atoms with Gasteiger partial charge in [0.05, 0.1) is 16.1 Å². The van der Waals surface area contributed by atoms with Crippen LogP contribution in [0.3, 0.4) is 0 Å². The monoisotopic (exact) mass is 296 g/mol. The quantitative estimate of drug-likeness (QED) is 0.801. The molecular formula is C17H13ClN2O. The number of hydrogen-bond donors (Lipinski definition) is 0. The molecule has 0 atom stereocenters. The number of ether oxygens (including phenoxy) is 1. The van der Waals surface area contributed by atoms with Gasteiger partial charge in [-0.1, -0.05) is 37.6 Å². The third-order valence-electron chi connectivity index (χ3n) is 3.09. The molecule has 0 bridgehead atoms. The van der Waals surface area contributed by atoms with Gasteiger partial charge in [-0.25, -0.2) is 0 Å². The molecule has 4 heteroatoms. The third kappa shape index (κ3) is 3.34. The van der Waals surface area contributed by atoms with E-state index in [9.17, 15) is 0 Å². The van der Waals surface area contributed by atoms with Crippen LogP contribution in [0.4, 0.5) is 0 Å². The van der Waals surface area contributed by atoms with Crippen molar-refractivity contribution in [1.29, 1.82) is 10.5 Å². The Morgan fingerprint density at radius 3 is 2.10 bits per heavy atom. The first-order chi connectivity index (χ1) is 10.0. The maximum atomic E-state index is 9.03. The van der Waals surface area contributed by atoms with Gasteiger partial charge in [-0.2, -0.15) is 10.5 Å². The summed E-state index contributed by atoms with van der Waals surface area (Å²) in [5.41, 5.74) is 1.70. The zero-order chi connectivity index (χ0) is 15.4. The Kier molecular flexibility index (Phi) is 4.48. The SMILES string of the molecule is CC(C)c1ccc(Oc2cc(C#N)c(C#N)cc2Cl)cc1. The van der Waals surface area contributed by atoms with Crippen molar-refractivity contribution in [2.45, 2.75) is 19.8 Å². The zero-order valence-electron chi connectivity index (χ0n) is 11.7. The molecule has 0 saturated carbocycles. The predicted molar refractivity (Wildman–Crippen MR) is 81.5 cm³/mol. The molecule has 0 N–H and O–H groups in total. The molecule has 2 aromatic carbocycles. The molecular weight excluding hydrogens is 284 g/mol. The second-order valence-corrected chi connectivity index (χ2v) is 5.28. The van der Waals surface area contributed by atoms with Gasteiger partial charge >= 0.3 is 0 Å². The molecule has 0 heterocycles. The molecule has 0 aliphatic heterocycles. The highest BCUT2D eigenvalue weighted by Crippen LogP contribution is 2.32. The summed E-state index contributed by atoms with van der Waals surface area (Å²) in [7, 11) is 0. The average Bonchev–Trinajstić information content (AvgIpc) is 2.49. The fourth-order valence-electron chi connectivity index (χ4n) is 1.86. The van der Waals surface area contributed by atoms with E-state index >= 15 is 0 Å². The number of hydrogen-bond acceptors (Lipinski definition) is 3. The summed E-state index contributed by atoms with van der Waals surface area (Å²) >= 11 is 6.08. The Balaban J connectivity index is 2.32. The van der Waals surface area contributed by atoms with E-state index in [0.717, 1.165) is 0 Å². The van der Waals surface area contributed by atoms with Crippen LogP contribution in [-0.4, -0.2) is 0 Å². The Labute approximate surface area is 129 Å². The van der Waals surface area contributed by atoms with Crippen molar-refractivity contribution in [3.05, 3.63) is 58.1 Å². The van der Waals surface area contributed by atoms with Crippen molar-refractivity contribution in [1.82, 2.24) is 0 Å². The van der Waals surface area contributed by atoms with E-state index in [0.29, 0.717) is 22.4 Å². The maximum absolute atomic E-state index is 9.03. The van der Waals surface area contributed by atoms with Gasteiger partial charge in [0.25, 0.3) is 0 Å². The molecule has 0 fully saturated rings. The smallest absolute Gasteiger partial charge is 0.147 e. The summed E-state index contributed by atoms with van der Waals surface area (Å²) in [4.78, 5) is 0. The molecule has 0 amide bonds. The first-order valence-corrected chi connectivity index (χ1v) is 6.84. The van der Waals surface area contributed by atoms with Crippen molar-refractivity contribution < 1.29 is 4.74 Å². The van der Waals surface area contributed by atoms with Crippen molar-refractivity contribution in [3.63, 3.8) is 0 Å². The Bertz CT molecular complexity index is 737. The van der Waals surface area contributed by atoms with Gasteiger partial charge in [0.1, 0.15) is 23.6 Å². The first kappa shape index (κ1) is 14.9. The topological polar surface area (TPSA) is 56.8 Å². The molecule has 0 spiro atoms. The molecule has 21 heavy (non-hydrogen) atoms. The third-order valence-corrected chi connectivity index (χ3v) is 3.38. The lowest BCUT2D eigenvalue weighted by molar-refractivity contribution is 0.482. The number of nitriles is 2. The highest BCUT2D eigenvalue weighted by molar-refractivity contribution is 6.32. The summed E-state index contributed by atoms with van der Waals surface area (Å²) < 4.78 is 5.69. The van der Waals surface area contributed by atoms with Crippen molar-refractivity contribution >= 4 is 11.6 Å². The summed E-state index contributed by atoms with van der Waals surface area (Å²) in [5, 5.41) is 18.3. The highest BCUT2D eigenvalue weighted by atomic mass is 35.5. The molecule has 104 valence electrons. The number of rotatable bonds is 3. The molecule has 3 nitrogen and oxygen atoms in total. The number of nitrogens with zero attached hydrogens (tertiary/aromatic N) is 2. The van der Waals surface area contributed by atoms with Crippen molar-refractivity contribution in [2.75, 3.05) is 0 Å². The fraction of sp³-hybridized carbons (Fsp3) is 0.176.